The Kier molecular flexibility index (Phi) is 4.27. The van der Waals surface area contributed by atoms with Crippen molar-refractivity contribution >= 4 is 11.8 Å². The quantitative estimate of drug-likeness (QED) is 0.858. The van der Waals surface area contributed by atoms with Crippen molar-refractivity contribution in [2.75, 3.05) is 0 Å². The lowest BCUT2D eigenvalue weighted by Gasteiger charge is -2.17. The van der Waals surface area contributed by atoms with E-state index in [2.05, 4.69) is 31.8 Å². The maximum Gasteiger partial charge on any atom is 0.0965 e. The van der Waals surface area contributed by atoms with E-state index in [-0.39, 0.29) is 10.8 Å². The van der Waals surface area contributed by atoms with Crippen molar-refractivity contribution in [3.63, 3.8) is 0 Å². The summed E-state index contributed by atoms with van der Waals surface area (Å²) in [4.78, 5) is 4.49. The molecule has 0 saturated carbocycles. The van der Waals surface area contributed by atoms with Crippen LogP contribution in [0.3, 0.4) is 0 Å². The van der Waals surface area contributed by atoms with Crippen molar-refractivity contribution in [2.45, 2.75) is 36.6 Å². The number of hydrogen-bond acceptors (Lipinski definition) is 3. The molecule has 0 spiro atoms. The number of nitrogens with two attached hydrogens (primary N) is 1. The van der Waals surface area contributed by atoms with E-state index in [0.29, 0.717) is 0 Å². The standard InChI is InChI=1S/C16H20N2S/c1-16(2,3)19-14-10-9-13(11-18-14)15(17)12-7-5-4-6-8-12/h4-11,15H,17H2,1-3H3/t15-/m1/s1. The third-order valence-corrected chi connectivity index (χ3v) is 3.75. The van der Waals surface area contributed by atoms with Gasteiger partial charge in [0.15, 0.2) is 0 Å². The van der Waals surface area contributed by atoms with Crippen LogP contribution in [0.4, 0.5) is 0 Å². The summed E-state index contributed by atoms with van der Waals surface area (Å²) in [5.41, 5.74) is 8.40. The Bertz CT molecular complexity index is 515. The van der Waals surface area contributed by atoms with Crippen LogP contribution in [-0.2, 0) is 0 Å². The second kappa shape index (κ2) is 5.76. The normalized spacial score (nSPS) is 13.3. The zero-order chi connectivity index (χ0) is 13.9. The van der Waals surface area contributed by atoms with Gasteiger partial charge in [-0.25, -0.2) is 4.98 Å². The number of aromatic nitrogens is 1. The number of hydrogen-bond donors (Lipinski definition) is 1. The van der Waals surface area contributed by atoms with Gasteiger partial charge in [-0.05, 0) is 17.2 Å². The molecule has 0 aliphatic rings. The molecule has 19 heavy (non-hydrogen) atoms. The Balaban J connectivity index is 2.15. The van der Waals surface area contributed by atoms with Gasteiger partial charge in [0.1, 0.15) is 0 Å². The van der Waals surface area contributed by atoms with Gasteiger partial charge in [0.2, 0.25) is 0 Å². The molecule has 2 nitrogen and oxygen atoms in total. The first kappa shape index (κ1) is 14.1. The van der Waals surface area contributed by atoms with Gasteiger partial charge < -0.3 is 5.73 Å². The molecule has 0 radical (unpaired) electrons. The van der Waals surface area contributed by atoms with Crippen LogP contribution < -0.4 is 5.73 Å². The lowest BCUT2D eigenvalue weighted by molar-refractivity contribution is 0.797. The maximum atomic E-state index is 6.25. The predicted octanol–water partition coefficient (Wildman–Crippen LogP) is 4.02. The second-order valence-electron chi connectivity index (χ2n) is 5.53. The molecule has 100 valence electrons. The minimum Gasteiger partial charge on any atom is -0.320 e. The molecule has 1 atom stereocenters. The topological polar surface area (TPSA) is 38.9 Å². The van der Waals surface area contributed by atoms with E-state index in [1.807, 2.05) is 42.6 Å². The molecule has 1 aromatic carbocycles. The van der Waals surface area contributed by atoms with Gasteiger partial charge in [-0.3, -0.25) is 0 Å². The average Bonchev–Trinajstić information content (AvgIpc) is 2.38. The summed E-state index contributed by atoms with van der Waals surface area (Å²) in [6, 6.07) is 14.1. The summed E-state index contributed by atoms with van der Waals surface area (Å²) in [5, 5.41) is 1.04. The molecule has 1 aromatic heterocycles. The second-order valence-corrected chi connectivity index (χ2v) is 7.38. The number of nitrogens with zero attached hydrogens (tertiary/aromatic N) is 1. The van der Waals surface area contributed by atoms with Crippen molar-refractivity contribution in [1.82, 2.24) is 4.98 Å². The minimum absolute atomic E-state index is 0.109. The van der Waals surface area contributed by atoms with Crippen molar-refractivity contribution in [3.8, 4) is 0 Å². The van der Waals surface area contributed by atoms with E-state index in [1.54, 1.807) is 11.8 Å². The van der Waals surface area contributed by atoms with E-state index in [0.717, 1.165) is 16.2 Å². The maximum absolute atomic E-state index is 6.25. The van der Waals surface area contributed by atoms with E-state index in [9.17, 15) is 0 Å². The fourth-order valence-corrected chi connectivity index (χ4v) is 2.67. The highest BCUT2D eigenvalue weighted by Crippen LogP contribution is 2.30. The van der Waals surface area contributed by atoms with Gasteiger partial charge in [0.05, 0.1) is 11.1 Å². The Labute approximate surface area is 119 Å². The Morgan fingerprint density at radius 2 is 1.68 bits per heavy atom. The van der Waals surface area contributed by atoms with Gasteiger partial charge in [-0.1, -0.05) is 57.2 Å². The van der Waals surface area contributed by atoms with E-state index >= 15 is 0 Å². The first-order chi connectivity index (χ1) is 8.96. The first-order valence-corrected chi connectivity index (χ1v) is 7.23. The molecule has 0 saturated heterocycles. The largest absolute Gasteiger partial charge is 0.320 e. The molecule has 0 fully saturated rings. The molecule has 3 heteroatoms. The van der Waals surface area contributed by atoms with Crippen LogP contribution in [-0.4, -0.2) is 9.73 Å². The van der Waals surface area contributed by atoms with E-state index in [4.69, 9.17) is 5.73 Å². The SMILES string of the molecule is CC(C)(C)Sc1ccc([C@H](N)c2ccccc2)cn1. The van der Waals surface area contributed by atoms with Crippen LogP contribution in [0.2, 0.25) is 0 Å². The third kappa shape index (κ3) is 4.08. The molecule has 2 N–H and O–H groups in total. The number of benzene rings is 1. The summed E-state index contributed by atoms with van der Waals surface area (Å²) in [5.74, 6) is 0. The highest BCUT2D eigenvalue weighted by Gasteiger charge is 2.14. The lowest BCUT2D eigenvalue weighted by atomic mass is 10.0. The summed E-state index contributed by atoms with van der Waals surface area (Å²) in [6.45, 7) is 6.55. The lowest BCUT2D eigenvalue weighted by Crippen LogP contribution is -2.12. The summed E-state index contributed by atoms with van der Waals surface area (Å²) < 4.78 is 0.177. The first-order valence-electron chi connectivity index (χ1n) is 6.41. The Hall–Kier alpha value is -1.32. The van der Waals surface area contributed by atoms with Crippen molar-refractivity contribution in [2.24, 2.45) is 5.73 Å². The van der Waals surface area contributed by atoms with Gasteiger partial charge in [-0.15, -0.1) is 11.8 Å². The van der Waals surface area contributed by atoms with Crippen LogP contribution in [0.25, 0.3) is 0 Å². The molecule has 1 heterocycles. The molecule has 2 aromatic rings. The van der Waals surface area contributed by atoms with Gasteiger partial charge in [0.25, 0.3) is 0 Å². The fourth-order valence-electron chi connectivity index (χ4n) is 1.80. The number of thioether (sulfide) groups is 1. The summed E-state index contributed by atoms with van der Waals surface area (Å²) in [7, 11) is 0. The molecule has 0 amide bonds. The Morgan fingerprint density at radius 1 is 1.00 bits per heavy atom. The van der Waals surface area contributed by atoms with Gasteiger partial charge in [-0.2, -0.15) is 0 Å². The predicted molar refractivity (Wildman–Crippen MR) is 82.3 cm³/mol. The highest BCUT2D eigenvalue weighted by molar-refractivity contribution is 8.00. The summed E-state index contributed by atoms with van der Waals surface area (Å²) >= 11 is 1.77. The van der Waals surface area contributed by atoms with Crippen molar-refractivity contribution in [3.05, 3.63) is 59.8 Å². The Morgan fingerprint density at radius 3 is 2.21 bits per heavy atom. The fraction of sp³-hybridized carbons (Fsp3) is 0.312. The van der Waals surface area contributed by atoms with E-state index < -0.39 is 0 Å². The molecule has 2 rings (SSSR count). The number of rotatable bonds is 3. The van der Waals surface area contributed by atoms with Crippen molar-refractivity contribution in [1.29, 1.82) is 0 Å². The molecular weight excluding hydrogens is 252 g/mol. The molecule has 0 aliphatic carbocycles. The molecule has 0 bridgehead atoms. The summed E-state index contributed by atoms with van der Waals surface area (Å²) in [6.07, 6.45) is 1.88. The van der Waals surface area contributed by atoms with Crippen LogP contribution in [0.1, 0.15) is 37.9 Å². The number of pyridine rings is 1. The molecular formula is C16H20N2S. The van der Waals surface area contributed by atoms with Crippen molar-refractivity contribution < 1.29 is 0 Å². The van der Waals surface area contributed by atoms with Crippen LogP contribution >= 0.6 is 11.8 Å². The van der Waals surface area contributed by atoms with Crippen LogP contribution in [0.5, 0.6) is 0 Å². The van der Waals surface area contributed by atoms with Gasteiger partial charge in [0, 0.05) is 10.9 Å². The van der Waals surface area contributed by atoms with Crippen LogP contribution in [0.15, 0.2) is 53.7 Å². The highest BCUT2D eigenvalue weighted by atomic mass is 32.2. The van der Waals surface area contributed by atoms with Gasteiger partial charge >= 0.3 is 0 Å². The molecule has 0 aliphatic heterocycles. The van der Waals surface area contributed by atoms with Crippen LogP contribution in [0, 0.1) is 0 Å². The smallest absolute Gasteiger partial charge is 0.0965 e. The monoisotopic (exact) mass is 272 g/mol. The molecule has 0 unspecified atom stereocenters. The van der Waals surface area contributed by atoms with E-state index in [1.165, 1.54) is 0 Å². The zero-order valence-electron chi connectivity index (χ0n) is 11.6. The third-order valence-electron chi connectivity index (χ3n) is 2.69. The zero-order valence-corrected chi connectivity index (χ0v) is 12.4. The minimum atomic E-state index is -0.109. The average molecular weight is 272 g/mol.